The maximum absolute atomic E-state index is 12.9. The fraction of sp³-hybridized carbons (Fsp3) is 0.200. The van der Waals surface area contributed by atoms with E-state index in [4.69, 9.17) is 23.2 Å². The molecule has 1 fully saturated rings. The standard InChI is InChI=1S/C20H19Cl2N5O2S/c21-15-5-2-1-4-14(15)20-16(22)8-9-17(24-20)26-30(28,29)19-7-3-6-18(25-19)27-12-10-23-11-13-27/h1-9,23H,10-13H2,(H,24,26). The van der Waals surface area contributed by atoms with Crippen LogP contribution in [0.5, 0.6) is 0 Å². The lowest BCUT2D eigenvalue weighted by atomic mass is 10.1. The molecule has 156 valence electrons. The van der Waals surface area contributed by atoms with Crippen LogP contribution >= 0.6 is 23.2 Å². The first-order valence-corrected chi connectivity index (χ1v) is 11.5. The third kappa shape index (κ3) is 4.52. The van der Waals surface area contributed by atoms with E-state index in [-0.39, 0.29) is 10.8 Å². The van der Waals surface area contributed by atoms with Crippen molar-refractivity contribution in [1.82, 2.24) is 15.3 Å². The van der Waals surface area contributed by atoms with Crippen LogP contribution in [0.1, 0.15) is 0 Å². The van der Waals surface area contributed by atoms with Crippen LogP contribution in [0.4, 0.5) is 11.6 Å². The lowest BCUT2D eigenvalue weighted by molar-refractivity contribution is 0.580. The van der Waals surface area contributed by atoms with Gasteiger partial charge in [-0.1, -0.05) is 47.5 Å². The number of aromatic nitrogens is 2. The van der Waals surface area contributed by atoms with Gasteiger partial charge >= 0.3 is 0 Å². The Morgan fingerprint density at radius 2 is 1.67 bits per heavy atom. The average molecular weight is 464 g/mol. The lowest BCUT2D eigenvalue weighted by Gasteiger charge is -2.28. The van der Waals surface area contributed by atoms with Gasteiger partial charge in [0, 0.05) is 31.7 Å². The summed E-state index contributed by atoms with van der Waals surface area (Å²) in [6, 6.07) is 15.1. The van der Waals surface area contributed by atoms with Crippen molar-refractivity contribution < 1.29 is 8.42 Å². The average Bonchev–Trinajstić information content (AvgIpc) is 2.76. The molecule has 1 aliphatic heterocycles. The zero-order chi connectivity index (χ0) is 21.1. The van der Waals surface area contributed by atoms with E-state index < -0.39 is 10.0 Å². The van der Waals surface area contributed by atoms with Crippen LogP contribution in [0, 0.1) is 0 Å². The molecule has 0 amide bonds. The van der Waals surface area contributed by atoms with E-state index in [0.29, 0.717) is 27.1 Å². The zero-order valence-corrected chi connectivity index (χ0v) is 18.2. The molecule has 2 aromatic heterocycles. The normalized spacial score (nSPS) is 14.5. The highest BCUT2D eigenvalue weighted by Gasteiger charge is 2.20. The molecule has 1 aliphatic rings. The Morgan fingerprint density at radius 3 is 2.43 bits per heavy atom. The highest BCUT2D eigenvalue weighted by atomic mass is 35.5. The number of halogens is 2. The number of anilines is 2. The summed E-state index contributed by atoms with van der Waals surface area (Å²) in [4.78, 5) is 10.8. The molecule has 0 bridgehead atoms. The van der Waals surface area contributed by atoms with Crippen molar-refractivity contribution in [2.45, 2.75) is 5.03 Å². The number of hydrogen-bond donors (Lipinski definition) is 2. The fourth-order valence-corrected chi connectivity index (χ4v) is 4.55. The van der Waals surface area contributed by atoms with Crippen LogP contribution in [0.2, 0.25) is 10.0 Å². The van der Waals surface area contributed by atoms with Gasteiger partial charge in [-0.05, 0) is 30.3 Å². The maximum atomic E-state index is 12.9. The van der Waals surface area contributed by atoms with Crippen molar-refractivity contribution >= 4 is 44.9 Å². The Kier molecular flexibility index (Phi) is 6.10. The molecule has 0 aliphatic carbocycles. The predicted molar refractivity (Wildman–Crippen MR) is 120 cm³/mol. The highest BCUT2D eigenvalue weighted by Crippen LogP contribution is 2.32. The van der Waals surface area contributed by atoms with Crippen LogP contribution in [-0.4, -0.2) is 44.6 Å². The Morgan fingerprint density at radius 1 is 0.900 bits per heavy atom. The van der Waals surface area contributed by atoms with E-state index in [1.165, 1.54) is 12.1 Å². The van der Waals surface area contributed by atoms with E-state index in [9.17, 15) is 8.42 Å². The van der Waals surface area contributed by atoms with Crippen LogP contribution < -0.4 is 14.9 Å². The lowest BCUT2D eigenvalue weighted by Crippen LogP contribution is -2.44. The third-order valence-corrected chi connectivity index (χ3v) is 6.53. The zero-order valence-electron chi connectivity index (χ0n) is 15.8. The molecule has 0 atom stereocenters. The molecule has 4 rings (SSSR count). The summed E-state index contributed by atoms with van der Waals surface area (Å²) in [6.07, 6.45) is 0. The topological polar surface area (TPSA) is 87.2 Å². The number of piperazine rings is 1. The van der Waals surface area contributed by atoms with Gasteiger partial charge in [0.15, 0.2) is 5.03 Å². The first kappa shape index (κ1) is 20.9. The Bertz CT molecular complexity index is 1170. The van der Waals surface area contributed by atoms with Gasteiger partial charge in [0.1, 0.15) is 11.6 Å². The minimum Gasteiger partial charge on any atom is -0.354 e. The summed E-state index contributed by atoms with van der Waals surface area (Å²) >= 11 is 12.5. The van der Waals surface area contributed by atoms with Crippen molar-refractivity contribution in [3.63, 3.8) is 0 Å². The minimum absolute atomic E-state index is 0.0745. The highest BCUT2D eigenvalue weighted by molar-refractivity contribution is 7.92. The number of pyridine rings is 2. The van der Waals surface area contributed by atoms with E-state index >= 15 is 0 Å². The quantitative estimate of drug-likeness (QED) is 0.600. The molecule has 0 radical (unpaired) electrons. The van der Waals surface area contributed by atoms with Gasteiger partial charge in [-0.3, -0.25) is 4.72 Å². The van der Waals surface area contributed by atoms with Gasteiger partial charge in [-0.15, -0.1) is 0 Å². The molecule has 10 heteroatoms. The maximum Gasteiger partial charge on any atom is 0.280 e. The molecule has 0 saturated carbocycles. The van der Waals surface area contributed by atoms with Gasteiger partial charge in [-0.25, -0.2) is 9.97 Å². The van der Waals surface area contributed by atoms with Crippen LogP contribution in [0.15, 0.2) is 59.6 Å². The van der Waals surface area contributed by atoms with Gasteiger partial charge < -0.3 is 10.2 Å². The Balaban J connectivity index is 1.63. The number of hydrogen-bond acceptors (Lipinski definition) is 6. The minimum atomic E-state index is -3.94. The van der Waals surface area contributed by atoms with Crippen molar-refractivity contribution in [3.8, 4) is 11.3 Å². The summed E-state index contributed by atoms with van der Waals surface area (Å²) in [7, 11) is -3.94. The van der Waals surface area contributed by atoms with E-state index in [2.05, 4.69) is 20.0 Å². The second kappa shape index (κ2) is 8.77. The SMILES string of the molecule is O=S(=O)(Nc1ccc(Cl)c(-c2ccccc2Cl)n1)c1cccc(N2CCNCC2)n1. The second-order valence-electron chi connectivity index (χ2n) is 6.68. The molecule has 1 aromatic carbocycles. The van der Waals surface area contributed by atoms with Crippen molar-refractivity contribution in [1.29, 1.82) is 0 Å². The molecule has 3 aromatic rings. The number of benzene rings is 1. The van der Waals surface area contributed by atoms with E-state index in [1.807, 2.05) is 11.0 Å². The van der Waals surface area contributed by atoms with Gasteiger partial charge in [0.05, 0.1) is 15.7 Å². The molecule has 30 heavy (non-hydrogen) atoms. The molecule has 1 saturated heterocycles. The Hall–Kier alpha value is -2.39. The molecule has 0 unspecified atom stereocenters. The van der Waals surface area contributed by atoms with Gasteiger partial charge in [-0.2, -0.15) is 8.42 Å². The molecule has 0 spiro atoms. The summed E-state index contributed by atoms with van der Waals surface area (Å²) in [5.74, 6) is 0.754. The van der Waals surface area contributed by atoms with Crippen LogP contribution in [0.3, 0.4) is 0 Å². The number of nitrogens with zero attached hydrogens (tertiary/aromatic N) is 3. The Labute approximate surface area is 185 Å². The third-order valence-electron chi connectivity index (χ3n) is 4.64. The van der Waals surface area contributed by atoms with Gasteiger partial charge in [0.25, 0.3) is 10.0 Å². The smallest absolute Gasteiger partial charge is 0.280 e. The molecule has 2 N–H and O–H groups in total. The van der Waals surface area contributed by atoms with E-state index in [0.717, 1.165) is 26.2 Å². The van der Waals surface area contributed by atoms with Crippen LogP contribution in [0.25, 0.3) is 11.3 Å². The summed E-state index contributed by atoms with van der Waals surface area (Å²) in [6.45, 7) is 3.20. The first-order chi connectivity index (χ1) is 14.4. The van der Waals surface area contributed by atoms with Crippen molar-refractivity contribution in [2.24, 2.45) is 0 Å². The molecule has 7 nitrogen and oxygen atoms in total. The molecular formula is C20H19Cl2N5O2S. The fourth-order valence-electron chi connectivity index (χ4n) is 3.15. The summed E-state index contributed by atoms with van der Waals surface area (Å²) < 4.78 is 28.4. The van der Waals surface area contributed by atoms with Crippen molar-refractivity contribution in [2.75, 3.05) is 35.8 Å². The summed E-state index contributed by atoms with van der Waals surface area (Å²) in [5, 5.41) is 4.02. The van der Waals surface area contributed by atoms with Crippen molar-refractivity contribution in [3.05, 3.63) is 64.6 Å². The predicted octanol–water partition coefficient (Wildman–Crippen LogP) is 3.66. The number of sulfonamides is 1. The number of nitrogens with one attached hydrogen (secondary N) is 2. The monoisotopic (exact) mass is 463 g/mol. The summed E-state index contributed by atoms with van der Waals surface area (Å²) in [5.41, 5.74) is 1.01. The van der Waals surface area contributed by atoms with E-state index in [1.54, 1.807) is 36.4 Å². The largest absolute Gasteiger partial charge is 0.354 e. The molecular weight excluding hydrogens is 445 g/mol. The first-order valence-electron chi connectivity index (χ1n) is 9.31. The van der Waals surface area contributed by atoms with Gasteiger partial charge in [0.2, 0.25) is 0 Å². The van der Waals surface area contributed by atoms with Crippen LogP contribution in [-0.2, 0) is 10.0 Å². The number of rotatable bonds is 5. The second-order valence-corrected chi connectivity index (χ2v) is 9.13. The molecule has 3 heterocycles.